The molecule has 0 aliphatic rings. The van der Waals surface area contributed by atoms with Crippen molar-refractivity contribution in [3.8, 4) is 0 Å². The average Bonchev–Trinajstić information content (AvgIpc) is 2.80. The summed E-state index contributed by atoms with van der Waals surface area (Å²) in [5.74, 6) is 0.605. The predicted molar refractivity (Wildman–Crippen MR) is 79.5 cm³/mol. The highest BCUT2D eigenvalue weighted by Crippen LogP contribution is 2.13. The van der Waals surface area contributed by atoms with Gasteiger partial charge in [0, 0.05) is 22.2 Å². The van der Waals surface area contributed by atoms with Gasteiger partial charge in [0.25, 0.3) is 0 Å². The second-order valence-corrected chi connectivity index (χ2v) is 5.42. The van der Waals surface area contributed by atoms with Gasteiger partial charge in [-0.25, -0.2) is 4.52 Å². The van der Waals surface area contributed by atoms with E-state index >= 15 is 0 Å². The molecule has 0 radical (unpaired) electrons. The molecule has 4 nitrogen and oxygen atoms in total. The number of anilines is 1. The van der Waals surface area contributed by atoms with Crippen LogP contribution in [0, 0.1) is 0 Å². The number of pyridine rings is 1. The number of nitrogens with zero attached hydrogens (tertiary/aromatic N) is 3. The zero-order valence-electron chi connectivity index (χ0n) is 9.85. The third-order valence-electron chi connectivity index (χ3n) is 2.66. The molecule has 0 unspecified atom stereocenters. The molecule has 0 aliphatic heterocycles. The fraction of sp³-hybridized carbons (Fsp3) is 0.0769. The molecular weight excluding hydrogens is 328 g/mol. The van der Waals surface area contributed by atoms with Crippen LogP contribution in [0.5, 0.6) is 0 Å². The molecule has 0 fully saturated rings. The number of nitrogens with one attached hydrogen (secondary N) is 1. The van der Waals surface area contributed by atoms with Gasteiger partial charge in [-0.15, -0.1) is 5.10 Å². The monoisotopic (exact) mass is 336 g/mol. The summed E-state index contributed by atoms with van der Waals surface area (Å²) in [6.07, 6.45) is 1.87. The van der Waals surface area contributed by atoms with Crippen LogP contribution >= 0.6 is 27.5 Å². The van der Waals surface area contributed by atoms with E-state index in [1.807, 2.05) is 42.6 Å². The van der Waals surface area contributed by atoms with E-state index in [9.17, 15) is 0 Å². The van der Waals surface area contributed by atoms with E-state index < -0.39 is 0 Å². The van der Waals surface area contributed by atoms with Crippen molar-refractivity contribution < 1.29 is 0 Å². The quantitative estimate of drug-likeness (QED) is 0.791. The van der Waals surface area contributed by atoms with E-state index in [1.54, 1.807) is 4.52 Å². The maximum atomic E-state index is 5.84. The molecule has 19 heavy (non-hydrogen) atoms. The van der Waals surface area contributed by atoms with Crippen molar-refractivity contribution >= 4 is 39.1 Å². The van der Waals surface area contributed by atoms with Crippen LogP contribution in [-0.4, -0.2) is 14.6 Å². The number of hydrogen-bond donors (Lipinski definition) is 1. The minimum atomic E-state index is 0.605. The van der Waals surface area contributed by atoms with Gasteiger partial charge in [0.15, 0.2) is 5.65 Å². The summed E-state index contributed by atoms with van der Waals surface area (Å²) in [4.78, 5) is 4.38. The number of benzene rings is 1. The Morgan fingerprint density at radius 1 is 1.16 bits per heavy atom. The van der Waals surface area contributed by atoms with Crippen LogP contribution in [0.1, 0.15) is 5.56 Å². The summed E-state index contributed by atoms with van der Waals surface area (Å²) >= 11 is 9.25. The van der Waals surface area contributed by atoms with E-state index in [-0.39, 0.29) is 0 Å². The van der Waals surface area contributed by atoms with Crippen molar-refractivity contribution in [3.63, 3.8) is 0 Å². The molecule has 0 saturated carbocycles. The molecule has 0 spiro atoms. The van der Waals surface area contributed by atoms with Gasteiger partial charge in [-0.3, -0.25) is 0 Å². The van der Waals surface area contributed by atoms with Gasteiger partial charge < -0.3 is 5.32 Å². The van der Waals surface area contributed by atoms with Crippen LogP contribution in [0.2, 0.25) is 5.02 Å². The van der Waals surface area contributed by atoms with E-state index in [1.165, 1.54) is 0 Å². The average molecular weight is 338 g/mol. The first kappa shape index (κ1) is 12.4. The minimum Gasteiger partial charge on any atom is -0.349 e. The first-order valence-corrected chi connectivity index (χ1v) is 6.88. The number of hydrogen-bond acceptors (Lipinski definition) is 3. The molecule has 2 heterocycles. The first-order chi connectivity index (χ1) is 9.20. The fourth-order valence-electron chi connectivity index (χ4n) is 1.72. The Morgan fingerprint density at radius 3 is 2.74 bits per heavy atom. The molecule has 2 aromatic heterocycles. The molecule has 0 aliphatic carbocycles. The maximum absolute atomic E-state index is 5.84. The lowest BCUT2D eigenvalue weighted by atomic mass is 10.2. The van der Waals surface area contributed by atoms with Gasteiger partial charge in [-0.1, -0.05) is 23.7 Å². The van der Waals surface area contributed by atoms with Crippen LogP contribution in [0.3, 0.4) is 0 Å². The van der Waals surface area contributed by atoms with Gasteiger partial charge in [-0.2, -0.15) is 4.98 Å². The smallest absolute Gasteiger partial charge is 0.243 e. The highest BCUT2D eigenvalue weighted by Gasteiger charge is 2.03. The van der Waals surface area contributed by atoms with E-state index in [0.29, 0.717) is 12.5 Å². The molecule has 0 atom stereocenters. The van der Waals surface area contributed by atoms with E-state index in [4.69, 9.17) is 11.6 Å². The molecule has 0 amide bonds. The van der Waals surface area contributed by atoms with Crippen LogP contribution in [0.25, 0.3) is 5.65 Å². The second kappa shape index (κ2) is 5.19. The van der Waals surface area contributed by atoms with Crippen molar-refractivity contribution in [1.82, 2.24) is 14.6 Å². The lowest BCUT2D eigenvalue weighted by molar-refractivity contribution is 0.946. The normalized spacial score (nSPS) is 10.8. The molecular formula is C13H10BrClN4. The fourth-order valence-corrected chi connectivity index (χ4v) is 2.17. The summed E-state index contributed by atoms with van der Waals surface area (Å²) < 4.78 is 2.70. The third kappa shape index (κ3) is 2.88. The highest BCUT2D eigenvalue weighted by atomic mass is 79.9. The Balaban J connectivity index is 1.76. The molecule has 1 aromatic carbocycles. The number of fused-ring (bicyclic) bond motifs is 1. The Bertz CT molecular complexity index is 708. The summed E-state index contributed by atoms with van der Waals surface area (Å²) in [7, 11) is 0. The summed E-state index contributed by atoms with van der Waals surface area (Å²) in [6.45, 7) is 0.662. The number of rotatable bonds is 3. The van der Waals surface area contributed by atoms with Crippen LogP contribution in [-0.2, 0) is 6.54 Å². The zero-order chi connectivity index (χ0) is 13.2. The molecule has 0 saturated heterocycles. The molecule has 3 rings (SSSR count). The van der Waals surface area contributed by atoms with E-state index in [0.717, 1.165) is 20.7 Å². The largest absolute Gasteiger partial charge is 0.349 e. The van der Waals surface area contributed by atoms with Gasteiger partial charge in [0.05, 0.1) is 0 Å². The topological polar surface area (TPSA) is 42.2 Å². The van der Waals surface area contributed by atoms with Crippen LogP contribution in [0.15, 0.2) is 47.1 Å². The second-order valence-electron chi connectivity index (χ2n) is 4.07. The third-order valence-corrected chi connectivity index (χ3v) is 3.38. The standard InChI is InChI=1S/C13H10BrClN4/c14-10-3-6-12-17-13(18-19(12)8-10)16-7-9-1-4-11(15)5-2-9/h1-6,8H,7H2,(H,16,18). The zero-order valence-corrected chi connectivity index (χ0v) is 12.2. The highest BCUT2D eigenvalue weighted by molar-refractivity contribution is 9.10. The van der Waals surface area contributed by atoms with Crippen molar-refractivity contribution in [1.29, 1.82) is 0 Å². The summed E-state index contributed by atoms with van der Waals surface area (Å²) in [5, 5.41) is 8.27. The molecule has 6 heteroatoms. The molecule has 3 aromatic rings. The lowest BCUT2D eigenvalue weighted by Crippen LogP contribution is -2.00. The van der Waals surface area contributed by atoms with Gasteiger partial charge in [0.1, 0.15) is 0 Å². The molecule has 96 valence electrons. The first-order valence-electron chi connectivity index (χ1n) is 5.71. The van der Waals surface area contributed by atoms with Crippen LogP contribution < -0.4 is 5.32 Å². The van der Waals surface area contributed by atoms with Gasteiger partial charge >= 0.3 is 0 Å². The molecule has 0 bridgehead atoms. The predicted octanol–water partition coefficient (Wildman–Crippen LogP) is 3.76. The minimum absolute atomic E-state index is 0.605. The summed E-state index contributed by atoms with van der Waals surface area (Å²) in [5.41, 5.74) is 1.94. The Labute approximate surface area is 123 Å². The van der Waals surface area contributed by atoms with Crippen LogP contribution in [0.4, 0.5) is 5.95 Å². The van der Waals surface area contributed by atoms with Crippen molar-refractivity contribution in [2.75, 3.05) is 5.32 Å². The van der Waals surface area contributed by atoms with Crippen molar-refractivity contribution in [2.24, 2.45) is 0 Å². The Morgan fingerprint density at radius 2 is 1.95 bits per heavy atom. The van der Waals surface area contributed by atoms with Gasteiger partial charge in [-0.05, 0) is 45.8 Å². The Kier molecular flexibility index (Phi) is 3.40. The lowest BCUT2D eigenvalue weighted by Gasteiger charge is -2.01. The number of aromatic nitrogens is 3. The van der Waals surface area contributed by atoms with Gasteiger partial charge in [0.2, 0.25) is 5.95 Å². The maximum Gasteiger partial charge on any atom is 0.243 e. The summed E-state index contributed by atoms with van der Waals surface area (Å²) in [6, 6.07) is 11.5. The Hall–Kier alpha value is -1.59. The SMILES string of the molecule is Clc1ccc(CNc2nc3ccc(Br)cn3n2)cc1. The van der Waals surface area contributed by atoms with Crippen molar-refractivity contribution in [2.45, 2.75) is 6.54 Å². The number of halogens is 2. The van der Waals surface area contributed by atoms with E-state index in [2.05, 4.69) is 31.3 Å². The molecule has 1 N–H and O–H groups in total. The van der Waals surface area contributed by atoms with Crippen molar-refractivity contribution in [3.05, 3.63) is 57.7 Å².